The van der Waals surface area contributed by atoms with Crippen LogP contribution in [0.15, 0.2) is 12.5 Å². The van der Waals surface area contributed by atoms with Gasteiger partial charge in [0.15, 0.2) is 0 Å². The average molecular weight is 251 g/mol. The number of aromatic nitrogens is 2. The Morgan fingerprint density at radius 1 is 1.73 bits per heavy atom. The molecule has 0 aliphatic heterocycles. The van der Waals surface area contributed by atoms with Crippen LogP contribution in [0.5, 0.6) is 0 Å². The lowest BCUT2D eigenvalue weighted by molar-refractivity contribution is -0.138. The molecule has 15 heavy (non-hydrogen) atoms. The lowest BCUT2D eigenvalue weighted by Crippen LogP contribution is -2.32. The van der Waals surface area contributed by atoms with Crippen molar-refractivity contribution < 1.29 is 19.7 Å². The number of nitrogens with two attached hydrogens (primary N) is 1. The SMILES string of the molecule is NC(Cc1cn(P(O)(O)=S)cn1)C(=O)O. The van der Waals surface area contributed by atoms with Crippen LogP contribution in [0, 0.1) is 0 Å². The summed E-state index contributed by atoms with van der Waals surface area (Å²) in [5.74, 6) is -1.14. The van der Waals surface area contributed by atoms with Gasteiger partial charge in [-0.05, 0) is 11.8 Å². The van der Waals surface area contributed by atoms with Gasteiger partial charge < -0.3 is 20.6 Å². The Morgan fingerprint density at radius 2 is 2.33 bits per heavy atom. The van der Waals surface area contributed by atoms with E-state index in [1.165, 1.54) is 6.20 Å². The van der Waals surface area contributed by atoms with Gasteiger partial charge in [0.05, 0.1) is 5.69 Å². The van der Waals surface area contributed by atoms with Gasteiger partial charge in [-0.1, -0.05) is 0 Å². The third kappa shape index (κ3) is 3.37. The summed E-state index contributed by atoms with van der Waals surface area (Å²) in [6.45, 7) is -3.57. The van der Waals surface area contributed by atoms with E-state index in [4.69, 9.17) is 20.6 Å². The van der Waals surface area contributed by atoms with Crippen molar-refractivity contribution in [2.45, 2.75) is 12.5 Å². The number of carboxylic acids is 1. The number of hydrogen-bond acceptors (Lipinski definition) is 4. The van der Waals surface area contributed by atoms with Crippen molar-refractivity contribution >= 4 is 24.4 Å². The Kier molecular flexibility index (Phi) is 3.58. The van der Waals surface area contributed by atoms with Crippen LogP contribution in [-0.2, 0) is 23.0 Å². The number of rotatable bonds is 4. The molecule has 84 valence electrons. The Bertz CT molecular complexity index is 414. The first-order valence-corrected chi connectivity index (χ1v) is 6.54. The molecular weight excluding hydrogens is 241 g/mol. The van der Waals surface area contributed by atoms with E-state index in [1.807, 2.05) is 0 Å². The highest BCUT2D eigenvalue weighted by Gasteiger charge is 2.16. The first-order valence-electron chi connectivity index (χ1n) is 3.88. The first kappa shape index (κ1) is 12.3. The molecule has 1 atom stereocenters. The van der Waals surface area contributed by atoms with Gasteiger partial charge in [-0.3, -0.25) is 9.13 Å². The second-order valence-corrected chi connectivity index (χ2v) is 5.87. The highest BCUT2D eigenvalue weighted by molar-refractivity contribution is 8.08. The summed E-state index contributed by atoms with van der Waals surface area (Å²) in [4.78, 5) is 32.4. The molecule has 0 saturated heterocycles. The molecule has 0 aliphatic rings. The Labute approximate surface area is 90.4 Å². The van der Waals surface area contributed by atoms with Crippen LogP contribution < -0.4 is 5.73 Å². The van der Waals surface area contributed by atoms with Crippen molar-refractivity contribution in [3.63, 3.8) is 0 Å². The number of aliphatic carboxylic acids is 1. The first-order chi connectivity index (χ1) is 6.80. The molecule has 1 heterocycles. The quantitative estimate of drug-likeness (QED) is 0.501. The van der Waals surface area contributed by atoms with Crippen molar-refractivity contribution in [3.05, 3.63) is 18.2 Å². The standard InChI is InChI=1S/C6H10N3O4PS/c7-5(6(10)11)1-4-2-9(3-8-4)14(12,13)15/h2-3,5H,1,7H2,(H,10,11)(H2,12,13,15). The smallest absolute Gasteiger partial charge is 0.320 e. The monoisotopic (exact) mass is 251 g/mol. The van der Waals surface area contributed by atoms with E-state index in [2.05, 4.69) is 16.8 Å². The van der Waals surface area contributed by atoms with Gasteiger partial charge >= 0.3 is 5.97 Å². The van der Waals surface area contributed by atoms with Crippen LogP contribution in [0.4, 0.5) is 0 Å². The maximum atomic E-state index is 10.4. The molecule has 7 nitrogen and oxygen atoms in total. The maximum absolute atomic E-state index is 10.4. The Balaban J connectivity index is 2.78. The highest BCUT2D eigenvalue weighted by Crippen LogP contribution is 2.36. The summed E-state index contributed by atoms with van der Waals surface area (Å²) >= 11 is 4.43. The van der Waals surface area contributed by atoms with E-state index in [1.54, 1.807) is 0 Å². The number of carboxylic acid groups (broad SMARTS) is 1. The summed E-state index contributed by atoms with van der Waals surface area (Å²) in [5.41, 5.74) is 5.63. The fourth-order valence-electron chi connectivity index (χ4n) is 0.913. The molecule has 1 aromatic heterocycles. The Morgan fingerprint density at radius 3 is 2.73 bits per heavy atom. The second-order valence-electron chi connectivity index (χ2n) is 2.91. The predicted octanol–water partition coefficient (Wildman–Crippen LogP) is -1.11. The summed E-state index contributed by atoms with van der Waals surface area (Å²) in [7, 11) is 0. The van der Waals surface area contributed by atoms with E-state index >= 15 is 0 Å². The van der Waals surface area contributed by atoms with E-state index in [0.29, 0.717) is 5.69 Å². The molecular formula is C6H10N3O4PS. The van der Waals surface area contributed by atoms with E-state index in [-0.39, 0.29) is 6.42 Å². The molecule has 0 radical (unpaired) electrons. The lowest BCUT2D eigenvalue weighted by Gasteiger charge is -2.06. The van der Waals surface area contributed by atoms with Crippen LogP contribution in [0.25, 0.3) is 0 Å². The van der Waals surface area contributed by atoms with E-state index in [9.17, 15) is 4.79 Å². The minimum atomic E-state index is -3.57. The number of nitrogens with zero attached hydrogens (tertiary/aromatic N) is 2. The third-order valence-electron chi connectivity index (χ3n) is 1.67. The lowest BCUT2D eigenvalue weighted by atomic mass is 10.2. The zero-order chi connectivity index (χ0) is 11.6. The van der Waals surface area contributed by atoms with Crippen molar-refractivity contribution in [3.8, 4) is 0 Å². The van der Waals surface area contributed by atoms with Gasteiger partial charge in [-0.2, -0.15) is 0 Å². The highest BCUT2D eigenvalue weighted by atomic mass is 32.5. The van der Waals surface area contributed by atoms with Crippen LogP contribution in [0.1, 0.15) is 5.69 Å². The van der Waals surface area contributed by atoms with Crippen molar-refractivity contribution in [1.82, 2.24) is 9.32 Å². The van der Waals surface area contributed by atoms with Crippen molar-refractivity contribution in [1.29, 1.82) is 0 Å². The van der Waals surface area contributed by atoms with E-state index < -0.39 is 18.7 Å². The molecule has 0 aromatic carbocycles. The number of carbonyl (C=O) groups is 1. The molecule has 1 aromatic rings. The molecule has 9 heteroatoms. The van der Waals surface area contributed by atoms with Gasteiger partial charge in [0.2, 0.25) is 0 Å². The number of hydrogen-bond donors (Lipinski definition) is 4. The molecule has 0 bridgehead atoms. The number of imidazole rings is 1. The van der Waals surface area contributed by atoms with Crippen molar-refractivity contribution in [2.75, 3.05) is 0 Å². The zero-order valence-corrected chi connectivity index (χ0v) is 9.23. The molecule has 0 fully saturated rings. The summed E-state index contributed by atoms with van der Waals surface area (Å²) in [6, 6.07) is -1.07. The summed E-state index contributed by atoms with van der Waals surface area (Å²) in [5, 5.41) is 8.54. The average Bonchev–Trinajstić information content (AvgIpc) is 2.51. The topological polar surface area (TPSA) is 122 Å². The van der Waals surface area contributed by atoms with Gasteiger partial charge in [0.1, 0.15) is 12.4 Å². The normalized spacial score (nSPS) is 13.8. The minimum Gasteiger partial charge on any atom is -0.480 e. The minimum absolute atomic E-state index is 0.0116. The van der Waals surface area contributed by atoms with Crippen LogP contribution in [-0.4, -0.2) is 36.2 Å². The van der Waals surface area contributed by atoms with Crippen LogP contribution in [0.2, 0.25) is 0 Å². The fraction of sp³-hybridized carbons (Fsp3) is 0.333. The van der Waals surface area contributed by atoms with Crippen LogP contribution >= 0.6 is 6.64 Å². The Hall–Kier alpha value is -0.790. The van der Waals surface area contributed by atoms with E-state index in [0.717, 1.165) is 10.7 Å². The molecule has 0 spiro atoms. The maximum Gasteiger partial charge on any atom is 0.320 e. The zero-order valence-electron chi connectivity index (χ0n) is 7.52. The summed E-state index contributed by atoms with van der Waals surface area (Å²) in [6.07, 6.45) is 2.44. The van der Waals surface area contributed by atoms with Gasteiger partial charge in [-0.25, -0.2) is 4.98 Å². The molecule has 0 saturated carbocycles. The van der Waals surface area contributed by atoms with Gasteiger partial charge in [-0.15, -0.1) is 0 Å². The third-order valence-corrected chi connectivity index (χ3v) is 3.06. The molecule has 0 amide bonds. The van der Waals surface area contributed by atoms with Gasteiger partial charge in [0, 0.05) is 12.6 Å². The van der Waals surface area contributed by atoms with Gasteiger partial charge in [0.25, 0.3) is 6.64 Å². The fourth-order valence-corrected chi connectivity index (χ4v) is 1.65. The predicted molar refractivity (Wildman–Crippen MR) is 55.7 cm³/mol. The molecule has 5 N–H and O–H groups in total. The van der Waals surface area contributed by atoms with Crippen molar-refractivity contribution in [2.24, 2.45) is 5.73 Å². The molecule has 1 rings (SSSR count). The van der Waals surface area contributed by atoms with Crippen LogP contribution in [0.3, 0.4) is 0 Å². The molecule has 0 aliphatic carbocycles. The largest absolute Gasteiger partial charge is 0.480 e. The molecule has 1 unspecified atom stereocenters. The summed E-state index contributed by atoms with van der Waals surface area (Å²) < 4.78 is 0.978. The second kappa shape index (κ2) is 4.38.